The van der Waals surface area contributed by atoms with Crippen LogP contribution in [0.1, 0.15) is 33.7 Å². The van der Waals surface area contributed by atoms with Crippen molar-refractivity contribution < 1.29 is 24.2 Å². The van der Waals surface area contributed by atoms with Crippen LogP contribution in [0.5, 0.6) is 0 Å². The van der Waals surface area contributed by atoms with Crippen molar-refractivity contribution in [3.8, 4) is 0 Å². The Balaban J connectivity index is 0.000000469. The number of nitrogen functional groups attached to an aromatic ring is 2. The molecule has 2 aromatic rings. The van der Waals surface area contributed by atoms with E-state index in [1.54, 1.807) is 18.2 Å². The maximum absolute atomic E-state index is 12.5. The van der Waals surface area contributed by atoms with Crippen molar-refractivity contribution in [2.75, 3.05) is 56.2 Å². The molecule has 3 amide bonds. The van der Waals surface area contributed by atoms with Gasteiger partial charge in [0.25, 0.3) is 11.8 Å². The number of nitrogens with zero attached hydrogens (tertiary/aromatic N) is 2. The number of likely N-dealkylation sites (tertiary alicyclic amines) is 1. The van der Waals surface area contributed by atoms with Crippen molar-refractivity contribution in [2.24, 2.45) is 0 Å². The van der Waals surface area contributed by atoms with Gasteiger partial charge in [-0.05, 0) is 25.0 Å². The number of nitrogens with one attached hydrogen (secondary N) is 4. The number of H-pyrrole nitrogens is 1. The Bertz CT molecular complexity index is 967. The van der Waals surface area contributed by atoms with Gasteiger partial charge in [-0.25, -0.2) is 4.79 Å². The molecule has 0 saturated carbocycles. The van der Waals surface area contributed by atoms with E-state index in [1.165, 1.54) is 11.1 Å². The molecule has 0 atom stereocenters. The number of aromatic nitrogens is 2. The number of carboxylic acid groups (broad SMARTS) is 1. The first-order valence-corrected chi connectivity index (χ1v) is 10.9. The molecule has 1 aromatic carbocycles. The van der Waals surface area contributed by atoms with Crippen LogP contribution in [0.15, 0.2) is 24.4 Å². The first-order chi connectivity index (χ1) is 16.4. The summed E-state index contributed by atoms with van der Waals surface area (Å²) in [5, 5.41) is 23.9. The Morgan fingerprint density at radius 1 is 1.09 bits per heavy atom. The van der Waals surface area contributed by atoms with Crippen molar-refractivity contribution >= 4 is 35.0 Å². The zero-order valence-corrected chi connectivity index (χ0v) is 18.7. The molecule has 184 valence electrons. The largest absolute Gasteiger partial charge is 0.465 e. The van der Waals surface area contributed by atoms with E-state index in [9.17, 15) is 14.4 Å². The van der Waals surface area contributed by atoms with Crippen molar-refractivity contribution in [2.45, 2.75) is 18.9 Å². The summed E-state index contributed by atoms with van der Waals surface area (Å²) in [4.78, 5) is 37.3. The van der Waals surface area contributed by atoms with Crippen molar-refractivity contribution in [3.63, 3.8) is 0 Å². The molecule has 0 unspecified atom stereocenters. The molecule has 2 aliphatic heterocycles. The van der Waals surface area contributed by atoms with Gasteiger partial charge < -0.3 is 42.2 Å². The van der Waals surface area contributed by atoms with Crippen molar-refractivity contribution in [1.29, 1.82) is 0 Å². The number of benzene rings is 1. The lowest BCUT2D eigenvalue weighted by Gasteiger charge is -2.30. The number of rotatable bonds is 4. The predicted molar refractivity (Wildman–Crippen MR) is 126 cm³/mol. The van der Waals surface area contributed by atoms with Gasteiger partial charge in [0.15, 0.2) is 0 Å². The highest BCUT2D eigenvalue weighted by molar-refractivity contribution is 6.13. The van der Waals surface area contributed by atoms with Gasteiger partial charge >= 0.3 is 6.09 Å². The van der Waals surface area contributed by atoms with Crippen LogP contribution in [0.2, 0.25) is 0 Å². The van der Waals surface area contributed by atoms with E-state index in [-0.39, 0.29) is 34.4 Å². The fraction of sp³-hybridized carbons (Fsp3) is 0.429. The number of piperidine rings is 1. The van der Waals surface area contributed by atoms with Gasteiger partial charge in [-0.3, -0.25) is 14.7 Å². The molecule has 3 heterocycles. The maximum Gasteiger partial charge on any atom is 0.407 e. The summed E-state index contributed by atoms with van der Waals surface area (Å²) in [5.74, 6) is -1.00. The average Bonchev–Trinajstić information content (AvgIpc) is 3.29. The first kappa shape index (κ1) is 24.8. The molecule has 0 bridgehead atoms. The molecule has 13 heteroatoms. The molecule has 4 rings (SSSR count). The smallest absolute Gasteiger partial charge is 0.407 e. The molecule has 0 aliphatic carbocycles. The van der Waals surface area contributed by atoms with Gasteiger partial charge in [-0.2, -0.15) is 5.10 Å². The summed E-state index contributed by atoms with van der Waals surface area (Å²) < 4.78 is 5.01. The zero-order valence-electron chi connectivity index (χ0n) is 18.7. The van der Waals surface area contributed by atoms with E-state index >= 15 is 0 Å². The predicted octanol–water partition coefficient (Wildman–Crippen LogP) is 0.305. The molecule has 2 saturated heterocycles. The third-order valence-corrected chi connectivity index (χ3v) is 5.42. The first-order valence-electron chi connectivity index (χ1n) is 10.9. The number of aromatic amines is 1. The molecule has 1 aromatic heterocycles. The number of hydrogen-bond donors (Lipinski definition) is 7. The third-order valence-electron chi connectivity index (χ3n) is 5.42. The van der Waals surface area contributed by atoms with Crippen LogP contribution in [0, 0.1) is 0 Å². The summed E-state index contributed by atoms with van der Waals surface area (Å²) in [5.41, 5.74) is 12.5. The monoisotopic (exact) mass is 474 g/mol. The van der Waals surface area contributed by atoms with Crippen LogP contribution in [-0.4, -0.2) is 83.5 Å². The van der Waals surface area contributed by atoms with E-state index in [4.69, 9.17) is 21.3 Å². The standard InChI is InChI=1S/C17H21N7O4.C4H9NO/c18-10-2-1-3-11(19)13(10)15(25)22-12-8-20-23-14(12)16(26)21-9-4-6-24(7-5-9)17(27)28;1-3-6-4-2-5-1/h1-3,8-9H,4-7,18-19H2,(H,20,23)(H,21,26)(H,22,25)(H,27,28);5H,1-4H2. The fourth-order valence-electron chi connectivity index (χ4n) is 3.58. The van der Waals surface area contributed by atoms with Gasteiger partial charge in [-0.1, -0.05) is 6.07 Å². The summed E-state index contributed by atoms with van der Waals surface area (Å²) >= 11 is 0. The van der Waals surface area contributed by atoms with Gasteiger partial charge in [0.05, 0.1) is 30.7 Å². The molecular weight excluding hydrogens is 444 g/mol. The number of morpholine rings is 1. The number of hydrogen-bond acceptors (Lipinski definition) is 8. The average molecular weight is 475 g/mol. The summed E-state index contributed by atoms with van der Waals surface area (Å²) in [7, 11) is 0. The second kappa shape index (κ2) is 11.9. The van der Waals surface area contributed by atoms with Gasteiger partial charge in [-0.15, -0.1) is 0 Å². The molecule has 2 aliphatic rings. The number of anilines is 3. The van der Waals surface area contributed by atoms with Crippen LogP contribution < -0.4 is 27.4 Å². The van der Waals surface area contributed by atoms with Crippen LogP contribution >= 0.6 is 0 Å². The Morgan fingerprint density at radius 3 is 2.26 bits per heavy atom. The topological polar surface area (TPSA) is 201 Å². The highest BCUT2D eigenvalue weighted by atomic mass is 16.5. The van der Waals surface area contributed by atoms with E-state index in [1.807, 2.05) is 0 Å². The van der Waals surface area contributed by atoms with E-state index in [0.29, 0.717) is 25.9 Å². The second-order valence-electron chi connectivity index (χ2n) is 7.80. The van der Waals surface area contributed by atoms with Crippen molar-refractivity contribution in [3.05, 3.63) is 35.7 Å². The molecule has 0 radical (unpaired) electrons. The normalized spacial score (nSPS) is 16.2. The lowest BCUT2D eigenvalue weighted by atomic mass is 10.1. The van der Waals surface area contributed by atoms with Gasteiger partial charge in [0, 0.05) is 43.6 Å². The van der Waals surface area contributed by atoms with E-state index in [0.717, 1.165) is 26.3 Å². The number of ether oxygens (including phenoxy) is 1. The Hall–Kier alpha value is -3.84. The van der Waals surface area contributed by atoms with Crippen LogP contribution in [-0.2, 0) is 4.74 Å². The summed E-state index contributed by atoms with van der Waals surface area (Å²) in [6.07, 6.45) is 1.35. The van der Waals surface area contributed by atoms with Crippen LogP contribution in [0.25, 0.3) is 0 Å². The number of amides is 3. The Kier molecular flexibility index (Phi) is 8.65. The minimum Gasteiger partial charge on any atom is -0.465 e. The molecule has 9 N–H and O–H groups in total. The number of carbonyl (C=O) groups is 3. The van der Waals surface area contributed by atoms with Crippen molar-refractivity contribution in [1.82, 2.24) is 25.7 Å². The molecule has 0 spiro atoms. The van der Waals surface area contributed by atoms with Crippen LogP contribution in [0.3, 0.4) is 0 Å². The minimum absolute atomic E-state index is 0.0853. The van der Waals surface area contributed by atoms with Crippen LogP contribution in [0.4, 0.5) is 21.9 Å². The highest BCUT2D eigenvalue weighted by Crippen LogP contribution is 2.22. The molecular formula is C21H30N8O5. The SMILES string of the molecule is C1COCCN1.Nc1cccc(N)c1C(=O)Nc1cn[nH]c1C(=O)NC1CCN(C(=O)O)CC1. The van der Waals surface area contributed by atoms with Gasteiger partial charge in [0.2, 0.25) is 0 Å². The zero-order chi connectivity index (χ0) is 24.5. The second-order valence-corrected chi connectivity index (χ2v) is 7.80. The van der Waals surface area contributed by atoms with Gasteiger partial charge in [0.1, 0.15) is 5.69 Å². The van der Waals surface area contributed by atoms with E-state index in [2.05, 4.69) is 26.1 Å². The Morgan fingerprint density at radius 2 is 1.74 bits per heavy atom. The lowest BCUT2D eigenvalue weighted by Crippen LogP contribution is -2.46. The minimum atomic E-state index is -0.970. The molecule has 34 heavy (non-hydrogen) atoms. The number of nitrogens with two attached hydrogens (primary N) is 2. The number of carbonyl (C=O) groups excluding carboxylic acids is 2. The molecule has 13 nitrogen and oxygen atoms in total. The Labute approximate surface area is 196 Å². The molecule has 2 fully saturated rings. The maximum atomic E-state index is 12.5. The fourth-order valence-corrected chi connectivity index (χ4v) is 3.58. The summed E-state index contributed by atoms with van der Waals surface area (Å²) in [6, 6.07) is 4.57. The highest BCUT2D eigenvalue weighted by Gasteiger charge is 2.25. The lowest BCUT2D eigenvalue weighted by molar-refractivity contribution is 0.0903. The summed E-state index contributed by atoms with van der Waals surface area (Å²) in [6.45, 7) is 4.53. The quantitative estimate of drug-likeness (QED) is 0.304. The third kappa shape index (κ3) is 6.59. The van der Waals surface area contributed by atoms with E-state index < -0.39 is 17.9 Å².